The molecule has 1 heterocycles. The van der Waals surface area contributed by atoms with Crippen LogP contribution in [0.1, 0.15) is 19.4 Å². The maximum atomic E-state index is 12.7. The Bertz CT molecular complexity index is 1060. The first-order valence-corrected chi connectivity index (χ1v) is 10.3. The quantitative estimate of drug-likeness (QED) is 0.684. The maximum Gasteiger partial charge on any atom is 0.285 e. The molecule has 0 spiro atoms. The second-order valence-electron chi connectivity index (χ2n) is 5.49. The van der Waals surface area contributed by atoms with Crippen molar-refractivity contribution in [3.8, 4) is 5.75 Å². The highest BCUT2D eigenvalue weighted by molar-refractivity contribution is 7.90. The fourth-order valence-corrected chi connectivity index (χ4v) is 5.10. The number of aryl methyl sites for hydroxylation is 2. The third-order valence-electron chi connectivity index (χ3n) is 4.04. The standard InChI is InChI=1S/C18H20N2O3S2/c1-4-13-7-6-8-16-17(13)20(5-2)18(24-16)19-25(21,22)15-11-9-14(23-3)10-12-15/h6-12H,4-5H2,1-3H3/b19-18-. The Morgan fingerprint density at radius 3 is 2.44 bits per heavy atom. The number of nitrogens with zero attached hydrogens (tertiary/aromatic N) is 2. The number of para-hydroxylation sites is 1. The maximum absolute atomic E-state index is 12.7. The van der Waals surface area contributed by atoms with Crippen molar-refractivity contribution in [1.82, 2.24) is 4.57 Å². The summed E-state index contributed by atoms with van der Waals surface area (Å²) in [6.07, 6.45) is 0.888. The van der Waals surface area contributed by atoms with E-state index in [0.717, 1.165) is 16.6 Å². The van der Waals surface area contributed by atoms with Gasteiger partial charge < -0.3 is 9.30 Å². The number of fused-ring (bicyclic) bond motifs is 1. The molecule has 2 aromatic carbocycles. The molecule has 0 amide bonds. The topological polar surface area (TPSA) is 60.7 Å². The second kappa shape index (κ2) is 7.01. The van der Waals surface area contributed by atoms with Crippen LogP contribution in [0.3, 0.4) is 0 Å². The van der Waals surface area contributed by atoms with Gasteiger partial charge in [0.15, 0.2) is 0 Å². The van der Waals surface area contributed by atoms with Crippen molar-refractivity contribution in [1.29, 1.82) is 0 Å². The number of aromatic nitrogens is 1. The number of hydrogen-bond donors (Lipinski definition) is 0. The minimum absolute atomic E-state index is 0.157. The van der Waals surface area contributed by atoms with Gasteiger partial charge in [-0.1, -0.05) is 30.4 Å². The summed E-state index contributed by atoms with van der Waals surface area (Å²) in [6.45, 7) is 4.75. The molecule has 3 aromatic rings. The Hall–Kier alpha value is -2.12. The molecule has 0 fully saturated rings. The predicted molar refractivity (Wildman–Crippen MR) is 101 cm³/mol. The summed E-state index contributed by atoms with van der Waals surface area (Å²) in [5.41, 5.74) is 2.26. The van der Waals surface area contributed by atoms with Crippen LogP contribution in [0.15, 0.2) is 51.8 Å². The molecule has 0 bridgehead atoms. The minimum atomic E-state index is -3.78. The third kappa shape index (κ3) is 3.34. The number of sulfonamides is 1. The number of thiazole rings is 1. The first kappa shape index (κ1) is 17.7. The van der Waals surface area contributed by atoms with Crippen molar-refractivity contribution in [2.24, 2.45) is 4.40 Å². The highest BCUT2D eigenvalue weighted by Crippen LogP contribution is 2.23. The largest absolute Gasteiger partial charge is 0.497 e. The van der Waals surface area contributed by atoms with E-state index in [9.17, 15) is 8.42 Å². The number of hydrogen-bond acceptors (Lipinski definition) is 4. The number of methoxy groups -OCH3 is 1. The van der Waals surface area contributed by atoms with Crippen LogP contribution in [0.2, 0.25) is 0 Å². The molecule has 132 valence electrons. The van der Waals surface area contributed by atoms with Gasteiger partial charge in [-0.3, -0.25) is 0 Å². The minimum Gasteiger partial charge on any atom is -0.497 e. The van der Waals surface area contributed by atoms with E-state index in [1.54, 1.807) is 19.2 Å². The molecule has 0 aliphatic heterocycles. The molecular weight excluding hydrogens is 356 g/mol. The van der Waals surface area contributed by atoms with Crippen molar-refractivity contribution in [3.63, 3.8) is 0 Å². The lowest BCUT2D eigenvalue weighted by atomic mass is 10.1. The number of benzene rings is 2. The summed E-state index contributed by atoms with van der Waals surface area (Å²) in [4.78, 5) is 0.651. The molecule has 0 saturated carbocycles. The van der Waals surface area contributed by atoms with Gasteiger partial charge in [-0.05, 0) is 49.2 Å². The molecule has 0 radical (unpaired) electrons. The van der Waals surface area contributed by atoms with Crippen LogP contribution < -0.4 is 9.54 Å². The Kier molecular flexibility index (Phi) is 4.96. The van der Waals surface area contributed by atoms with Gasteiger partial charge in [0.2, 0.25) is 4.80 Å². The molecule has 0 unspecified atom stereocenters. The highest BCUT2D eigenvalue weighted by atomic mass is 32.2. The summed E-state index contributed by atoms with van der Waals surface area (Å²) in [7, 11) is -2.24. The van der Waals surface area contributed by atoms with E-state index in [1.165, 1.54) is 29.0 Å². The van der Waals surface area contributed by atoms with Gasteiger partial charge in [-0.25, -0.2) is 0 Å². The average molecular weight is 377 g/mol. The third-order valence-corrected chi connectivity index (χ3v) is 6.48. The molecule has 0 aliphatic carbocycles. The monoisotopic (exact) mass is 376 g/mol. The summed E-state index contributed by atoms with van der Waals surface area (Å²) in [6, 6.07) is 12.3. The van der Waals surface area contributed by atoms with Crippen molar-refractivity contribution >= 4 is 31.6 Å². The van der Waals surface area contributed by atoms with Crippen LogP contribution in [0.25, 0.3) is 10.2 Å². The first-order chi connectivity index (χ1) is 12.0. The number of ether oxygens (including phenoxy) is 1. The van der Waals surface area contributed by atoms with Gasteiger partial charge in [0, 0.05) is 6.54 Å². The van der Waals surface area contributed by atoms with E-state index < -0.39 is 10.0 Å². The molecule has 5 nitrogen and oxygen atoms in total. The van der Waals surface area contributed by atoms with Gasteiger partial charge in [-0.15, -0.1) is 4.40 Å². The number of rotatable bonds is 5. The highest BCUT2D eigenvalue weighted by Gasteiger charge is 2.15. The van der Waals surface area contributed by atoms with Crippen molar-refractivity contribution in [2.45, 2.75) is 31.7 Å². The van der Waals surface area contributed by atoms with Gasteiger partial charge >= 0.3 is 0 Å². The van der Waals surface area contributed by atoms with Crippen molar-refractivity contribution in [3.05, 3.63) is 52.8 Å². The SMILES string of the molecule is CCc1cccc2s/c(=N\S(=O)(=O)c3ccc(OC)cc3)n(CC)c12. The Morgan fingerprint density at radius 2 is 1.84 bits per heavy atom. The molecule has 25 heavy (non-hydrogen) atoms. The van der Waals surface area contributed by atoms with Crippen LogP contribution in [-0.4, -0.2) is 20.1 Å². The zero-order valence-corrected chi connectivity index (χ0v) is 16.0. The van der Waals surface area contributed by atoms with Gasteiger partial charge in [0.05, 0.1) is 22.2 Å². The van der Waals surface area contributed by atoms with Gasteiger partial charge in [0.1, 0.15) is 5.75 Å². The van der Waals surface area contributed by atoms with Crippen LogP contribution in [0.5, 0.6) is 5.75 Å². The lowest BCUT2D eigenvalue weighted by Crippen LogP contribution is -2.16. The van der Waals surface area contributed by atoms with E-state index >= 15 is 0 Å². The first-order valence-electron chi connectivity index (χ1n) is 8.06. The summed E-state index contributed by atoms with van der Waals surface area (Å²) in [5.74, 6) is 0.608. The zero-order valence-electron chi connectivity index (χ0n) is 14.4. The normalized spacial score (nSPS) is 12.7. The molecule has 0 N–H and O–H groups in total. The van der Waals surface area contributed by atoms with Gasteiger partial charge in [-0.2, -0.15) is 8.42 Å². The Balaban J connectivity index is 2.20. The van der Waals surface area contributed by atoms with Crippen LogP contribution in [0, 0.1) is 0 Å². The van der Waals surface area contributed by atoms with Crippen LogP contribution >= 0.6 is 11.3 Å². The Labute approximate surface area is 151 Å². The lowest BCUT2D eigenvalue weighted by molar-refractivity contribution is 0.414. The van der Waals surface area contributed by atoms with Crippen LogP contribution in [0.4, 0.5) is 0 Å². The smallest absolute Gasteiger partial charge is 0.285 e. The van der Waals surface area contributed by atoms with Crippen molar-refractivity contribution in [2.75, 3.05) is 7.11 Å². The van der Waals surface area contributed by atoms with E-state index in [-0.39, 0.29) is 4.90 Å². The van der Waals surface area contributed by atoms with Crippen molar-refractivity contribution < 1.29 is 13.2 Å². The molecule has 0 saturated heterocycles. The summed E-state index contributed by atoms with van der Waals surface area (Å²) < 4.78 is 37.6. The average Bonchev–Trinajstić information content (AvgIpc) is 2.98. The molecule has 3 rings (SSSR count). The molecule has 0 atom stereocenters. The fourth-order valence-electron chi connectivity index (χ4n) is 2.76. The summed E-state index contributed by atoms with van der Waals surface area (Å²) in [5, 5.41) is 0. The second-order valence-corrected chi connectivity index (χ2v) is 8.10. The Morgan fingerprint density at radius 1 is 1.12 bits per heavy atom. The zero-order chi connectivity index (χ0) is 18.0. The molecule has 1 aromatic heterocycles. The fraction of sp³-hybridized carbons (Fsp3) is 0.278. The molecular formula is C18H20N2O3S2. The van der Waals surface area contributed by atoms with E-state index in [2.05, 4.69) is 17.4 Å². The lowest BCUT2D eigenvalue weighted by Gasteiger charge is -2.05. The van der Waals surface area contributed by atoms with Crippen LogP contribution in [-0.2, 0) is 23.0 Å². The molecule has 7 heteroatoms. The van der Waals surface area contributed by atoms with E-state index in [1.807, 2.05) is 23.6 Å². The van der Waals surface area contributed by atoms with Gasteiger partial charge in [0.25, 0.3) is 10.0 Å². The van der Waals surface area contributed by atoms with E-state index in [4.69, 9.17) is 4.74 Å². The van der Waals surface area contributed by atoms with E-state index in [0.29, 0.717) is 17.1 Å². The summed E-state index contributed by atoms with van der Waals surface area (Å²) >= 11 is 1.40. The molecule has 0 aliphatic rings. The predicted octanol–water partition coefficient (Wildman–Crippen LogP) is 3.58.